The first kappa shape index (κ1) is 13.0. The van der Waals surface area contributed by atoms with Gasteiger partial charge in [-0.1, -0.05) is 25.3 Å². The Morgan fingerprint density at radius 1 is 1.33 bits per heavy atom. The zero-order chi connectivity index (χ0) is 12.8. The van der Waals surface area contributed by atoms with E-state index in [-0.39, 0.29) is 11.3 Å². The third kappa shape index (κ3) is 2.88. The van der Waals surface area contributed by atoms with Gasteiger partial charge in [0.15, 0.2) is 0 Å². The molecule has 0 radical (unpaired) electrons. The molecule has 0 unspecified atom stereocenters. The van der Waals surface area contributed by atoms with Crippen molar-refractivity contribution in [2.75, 3.05) is 6.54 Å². The monoisotopic (exact) mass is 247 g/mol. The van der Waals surface area contributed by atoms with Gasteiger partial charge in [-0.25, -0.2) is 0 Å². The minimum atomic E-state index is -0.340. The second-order valence-corrected chi connectivity index (χ2v) is 5.05. The molecule has 0 aromatic carbocycles. The first-order chi connectivity index (χ1) is 8.77. The summed E-state index contributed by atoms with van der Waals surface area (Å²) in [5.41, 5.74) is 6.37. The number of nitrogens with one attached hydrogen (secondary N) is 1. The molecule has 1 aliphatic rings. The molecule has 0 spiro atoms. The zero-order valence-corrected chi connectivity index (χ0v) is 10.7. The van der Waals surface area contributed by atoms with Crippen molar-refractivity contribution < 1.29 is 4.79 Å². The number of carbonyl (C=O) groups is 1. The maximum atomic E-state index is 12.3. The fraction of sp³-hybridized carbons (Fsp3) is 0.571. The van der Waals surface area contributed by atoms with E-state index in [1.165, 1.54) is 6.42 Å². The van der Waals surface area contributed by atoms with Crippen molar-refractivity contribution in [2.24, 2.45) is 11.1 Å². The van der Waals surface area contributed by atoms with E-state index in [9.17, 15) is 4.79 Å². The molecule has 0 bridgehead atoms. The van der Waals surface area contributed by atoms with Gasteiger partial charge in [-0.15, -0.1) is 0 Å². The number of pyridine rings is 1. The SMILES string of the molecule is NCC1(C(=O)NCc2ccccn2)CCCCC1. The Kier molecular flexibility index (Phi) is 4.31. The standard InChI is InChI=1S/C14H21N3O/c15-11-14(7-3-1-4-8-14)13(18)17-10-12-6-2-5-9-16-12/h2,5-6,9H,1,3-4,7-8,10-11,15H2,(H,17,18). The highest BCUT2D eigenvalue weighted by Crippen LogP contribution is 2.35. The van der Waals surface area contributed by atoms with Crippen molar-refractivity contribution in [3.05, 3.63) is 30.1 Å². The second-order valence-electron chi connectivity index (χ2n) is 5.05. The van der Waals surface area contributed by atoms with Crippen molar-refractivity contribution >= 4 is 5.91 Å². The van der Waals surface area contributed by atoms with Gasteiger partial charge < -0.3 is 11.1 Å². The molecule has 1 heterocycles. The van der Waals surface area contributed by atoms with Crippen LogP contribution < -0.4 is 11.1 Å². The summed E-state index contributed by atoms with van der Waals surface area (Å²) >= 11 is 0. The molecule has 1 saturated carbocycles. The number of carbonyl (C=O) groups excluding carboxylic acids is 1. The molecule has 18 heavy (non-hydrogen) atoms. The Bertz CT molecular complexity index is 385. The summed E-state index contributed by atoms with van der Waals surface area (Å²) < 4.78 is 0. The van der Waals surface area contributed by atoms with Crippen LogP contribution in [-0.4, -0.2) is 17.4 Å². The van der Waals surface area contributed by atoms with Crippen LogP contribution in [-0.2, 0) is 11.3 Å². The molecule has 98 valence electrons. The van der Waals surface area contributed by atoms with E-state index in [1.807, 2.05) is 18.2 Å². The van der Waals surface area contributed by atoms with Gasteiger partial charge in [0.2, 0.25) is 5.91 Å². The fourth-order valence-corrected chi connectivity index (χ4v) is 2.61. The highest BCUT2D eigenvalue weighted by atomic mass is 16.2. The number of aromatic nitrogens is 1. The molecule has 1 aromatic rings. The number of amides is 1. The largest absolute Gasteiger partial charge is 0.350 e. The van der Waals surface area contributed by atoms with Crippen LogP contribution in [0.2, 0.25) is 0 Å². The average Bonchev–Trinajstić information content (AvgIpc) is 2.46. The van der Waals surface area contributed by atoms with Gasteiger partial charge in [-0.2, -0.15) is 0 Å². The molecule has 1 fully saturated rings. The van der Waals surface area contributed by atoms with E-state index >= 15 is 0 Å². The third-order valence-corrected chi connectivity index (χ3v) is 3.84. The van der Waals surface area contributed by atoms with Crippen LogP contribution in [0.25, 0.3) is 0 Å². The van der Waals surface area contributed by atoms with Gasteiger partial charge in [0.1, 0.15) is 0 Å². The minimum absolute atomic E-state index is 0.0929. The van der Waals surface area contributed by atoms with Crippen molar-refractivity contribution in [2.45, 2.75) is 38.6 Å². The second kappa shape index (κ2) is 5.96. The van der Waals surface area contributed by atoms with Crippen molar-refractivity contribution in [1.29, 1.82) is 0 Å². The molecule has 1 amide bonds. The van der Waals surface area contributed by atoms with Crippen molar-refractivity contribution in [3.8, 4) is 0 Å². The highest BCUT2D eigenvalue weighted by molar-refractivity contribution is 5.82. The minimum Gasteiger partial charge on any atom is -0.350 e. The van der Waals surface area contributed by atoms with E-state index in [4.69, 9.17) is 5.73 Å². The third-order valence-electron chi connectivity index (χ3n) is 3.84. The highest BCUT2D eigenvalue weighted by Gasteiger charge is 2.37. The Labute approximate surface area is 108 Å². The van der Waals surface area contributed by atoms with E-state index in [0.717, 1.165) is 31.4 Å². The summed E-state index contributed by atoms with van der Waals surface area (Å²) in [5, 5.41) is 2.98. The maximum Gasteiger partial charge on any atom is 0.227 e. The number of hydrogen-bond donors (Lipinski definition) is 2. The summed E-state index contributed by atoms with van der Waals surface area (Å²) in [7, 11) is 0. The average molecular weight is 247 g/mol. The Balaban J connectivity index is 1.94. The summed E-state index contributed by atoms with van der Waals surface area (Å²) in [4.78, 5) is 16.5. The van der Waals surface area contributed by atoms with Crippen LogP contribution in [0.1, 0.15) is 37.8 Å². The molecule has 1 aromatic heterocycles. The summed E-state index contributed by atoms with van der Waals surface area (Å²) in [6.45, 7) is 0.933. The van der Waals surface area contributed by atoms with Crippen LogP contribution in [0.5, 0.6) is 0 Å². The predicted octanol–water partition coefficient (Wildman–Crippen LogP) is 1.61. The summed E-state index contributed by atoms with van der Waals surface area (Å²) in [6.07, 6.45) is 6.99. The normalized spacial score (nSPS) is 18.3. The molecule has 4 heteroatoms. The van der Waals surface area contributed by atoms with Gasteiger partial charge in [0, 0.05) is 12.7 Å². The van der Waals surface area contributed by atoms with Gasteiger partial charge in [0.25, 0.3) is 0 Å². The first-order valence-corrected chi connectivity index (χ1v) is 6.65. The lowest BCUT2D eigenvalue weighted by Gasteiger charge is -2.34. The fourth-order valence-electron chi connectivity index (χ4n) is 2.61. The Morgan fingerprint density at radius 3 is 2.72 bits per heavy atom. The topological polar surface area (TPSA) is 68.0 Å². The number of rotatable bonds is 4. The van der Waals surface area contributed by atoms with Crippen LogP contribution in [0, 0.1) is 5.41 Å². The number of nitrogens with zero attached hydrogens (tertiary/aromatic N) is 1. The molecule has 0 atom stereocenters. The Morgan fingerprint density at radius 2 is 2.11 bits per heavy atom. The summed E-state index contributed by atoms with van der Waals surface area (Å²) in [6, 6.07) is 5.71. The lowest BCUT2D eigenvalue weighted by Crippen LogP contribution is -2.46. The maximum absolute atomic E-state index is 12.3. The Hall–Kier alpha value is -1.42. The molecule has 0 saturated heterocycles. The molecule has 2 rings (SSSR count). The van der Waals surface area contributed by atoms with Crippen molar-refractivity contribution in [1.82, 2.24) is 10.3 Å². The van der Waals surface area contributed by atoms with Crippen LogP contribution in [0.4, 0.5) is 0 Å². The van der Waals surface area contributed by atoms with Gasteiger partial charge in [-0.3, -0.25) is 9.78 Å². The zero-order valence-electron chi connectivity index (χ0n) is 10.7. The van der Waals surface area contributed by atoms with Crippen LogP contribution in [0.3, 0.4) is 0 Å². The predicted molar refractivity (Wildman–Crippen MR) is 70.7 cm³/mol. The summed E-state index contributed by atoms with van der Waals surface area (Å²) in [5.74, 6) is 0.0929. The quantitative estimate of drug-likeness (QED) is 0.849. The van der Waals surface area contributed by atoms with Crippen LogP contribution >= 0.6 is 0 Å². The smallest absolute Gasteiger partial charge is 0.227 e. The van der Waals surface area contributed by atoms with E-state index in [1.54, 1.807) is 6.20 Å². The van der Waals surface area contributed by atoms with Crippen LogP contribution in [0.15, 0.2) is 24.4 Å². The first-order valence-electron chi connectivity index (χ1n) is 6.65. The van der Waals surface area contributed by atoms with E-state index in [2.05, 4.69) is 10.3 Å². The van der Waals surface area contributed by atoms with E-state index in [0.29, 0.717) is 13.1 Å². The lowest BCUT2D eigenvalue weighted by atomic mass is 9.73. The molecular formula is C14H21N3O. The van der Waals surface area contributed by atoms with E-state index < -0.39 is 0 Å². The molecule has 1 aliphatic carbocycles. The number of nitrogens with two attached hydrogens (primary N) is 1. The molecule has 0 aliphatic heterocycles. The van der Waals surface area contributed by atoms with Crippen molar-refractivity contribution in [3.63, 3.8) is 0 Å². The molecule has 4 nitrogen and oxygen atoms in total. The molecule has 3 N–H and O–H groups in total. The lowest BCUT2D eigenvalue weighted by molar-refractivity contribution is -0.132. The molecular weight excluding hydrogens is 226 g/mol. The number of hydrogen-bond acceptors (Lipinski definition) is 3. The van der Waals surface area contributed by atoms with Gasteiger partial charge in [-0.05, 0) is 25.0 Å². The van der Waals surface area contributed by atoms with Gasteiger partial charge >= 0.3 is 0 Å². The van der Waals surface area contributed by atoms with Gasteiger partial charge in [0.05, 0.1) is 17.7 Å².